The molecule has 1 aromatic carbocycles. The van der Waals surface area contributed by atoms with E-state index >= 15 is 0 Å². The van der Waals surface area contributed by atoms with Crippen LogP contribution >= 0.6 is 0 Å². The molecule has 22 heavy (non-hydrogen) atoms. The second kappa shape index (κ2) is 8.39. The van der Waals surface area contributed by atoms with Gasteiger partial charge < -0.3 is 19.9 Å². The summed E-state index contributed by atoms with van der Waals surface area (Å²) in [7, 11) is 0. The molecule has 1 N–H and O–H groups in total. The van der Waals surface area contributed by atoms with Gasteiger partial charge in [-0.05, 0) is 44.5 Å². The lowest BCUT2D eigenvalue weighted by molar-refractivity contribution is 0.205. The quantitative estimate of drug-likeness (QED) is 0.817. The minimum Gasteiger partial charge on any atom is -0.493 e. The van der Waals surface area contributed by atoms with Crippen LogP contribution in [0.15, 0.2) is 24.3 Å². The number of hydrogen-bond acceptors (Lipinski definition) is 4. The number of piperazine rings is 1. The Balaban J connectivity index is 1.42. The number of anilines is 1. The Morgan fingerprint density at radius 2 is 1.82 bits per heavy atom. The highest BCUT2D eigenvalue weighted by atomic mass is 16.5. The second-order valence-corrected chi connectivity index (χ2v) is 6.34. The molecule has 2 saturated heterocycles. The van der Waals surface area contributed by atoms with Gasteiger partial charge in [0.2, 0.25) is 0 Å². The molecule has 2 heterocycles. The van der Waals surface area contributed by atoms with Gasteiger partial charge in [-0.25, -0.2) is 0 Å². The number of nitrogens with one attached hydrogen (secondary N) is 1. The third kappa shape index (κ3) is 4.62. The fourth-order valence-corrected chi connectivity index (χ4v) is 3.35. The van der Waals surface area contributed by atoms with Crippen molar-refractivity contribution in [2.45, 2.75) is 25.7 Å². The first-order valence-corrected chi connectivity index (χ1v) is 8.83. The highest BCUT2D eigenvalue weighted by Crippen LogP contribution is 2.21. The van der Waals surface area contributed by atoms with Crippen LogP contribution in [-0.2, 0) is 0 Å². The molecule has 0 aliphatic carbocycles. The number of benzene rings is 1. The molecule has 0 unspecified atom stereocenters. The van der Waals surface area contributed by atoms with Crippen molar-refractivity contribution >= 4 is 5.69 Å². The summed E-state index contributed by atoms with van der Waals surface area (Å²) >= 11 is 0. The normalized spacial score (nSPS) is 20.1. The lowest BCUT2D eigenvalue weighted by Crippen LogP contribution is -2.43. The summed E-state index contributed by atoms with van der Waals surface area (Å²) in [5.74, 6) is 1.01. The van der Waals surface area contributed by atoms with E-state index in [1.165, 1.54) is 44.6 Å². The Bertz CT molecular complexity index is 440. The van der Waals surface area contributed by atoms with Crippen molar-refractivity contribution in [1.29, 1.82) is 0 Å². The molecule has 0 saturated carbocycles. The van der Waals surface area contributed by atoms with E-state index in [0.29, 0.717) is 0 Å². The van der Waals surface area contributed by atoms with Crippen LogP contribution in [-0.4, -0.2) is 57.3 Å². The van der Waals surface area contributed by atoms with Crippen molar-refractivity contribution in [2.24, 2.45) is 0 Å². The predicted octanol–water partition coefficient (Wildman–Crippen LogP) is 2.35. The van der Waals surface area contributed by atoms with Crippen molar-refractivity contribution in [3.63, 3.8) is 0 Å². The molecule has 4 nitrogen and oxygen atoms in total. The third-order valence-corrected chi connectivity index (χ3v) is 4.64. The van der Waals surface area contributed by atoms with E-state index in [1.807, 2.05) is 0 Å². The van der Waals surface area contributed by atoms with Gasteiger partial charge in [-0.2, -0.15) is 0 Å². The van der Waals surface area contributed by atoms with Crippen molar-refractivity contribution in [3.8, 4) is 5.75 Å². The molecule has 0 atom stereocenters. The van der Waals surface area contributed by atoms with E-state index < -0.39 is 0 Å². The first-order chi connectivity index (χ1) is 10.9. The average Bonchev–Trinajstić information content (AvgIpc) is 2.61. The Morgan fingerprint density at radius 3 is 2.64 bits per heavy atom. The van der Waals surface area contributed by atoms with E-state index in [2.05, 4.69) is 39.4 Å². The topological polar surface area (TPSA) is 27.7 Å². The SMILES string of the molecule is c1cc(OCCCN2CCCCC2)cc(N2CCNCC2)c1. The molecular formula is C18H29N3O. The van der Waals surface area contributed by atoms with Crippen LogP contribution in [0.25, 0.3) is 0 Å². The van der Waals surface area contributed by atoms with Crippen LogP contribution < -0.4 is 15.0 Å². The minimum absolute atomic E-state index is 0.821. The van der Waals surface area contributed by atoms with Gasteiger partial charge in [0.15, 0.2) is 0 Å². The minimum atomic E-state index is 0.821. The van der Waals surface area contributed by atoms with Crippen LogP contribution in [0.1, 0.15) is 25.7 Å². The maximum Gasteiger partial charge on any atom is 0.121 e. The third-order valence-electron chi connectivity index (χ3n) is 4.64. The Labute approximate surface area is 134 Å². The van der Waals surface area contributed by atoms with Crippen molar-refractivity contribution in [3.05, 3.63) is 24.3 Å². The zero-order valence-corrected chi connectivity index (χ0v) is 13.6. The Kier molecular flexibility index (Phi) is 5.96. The smallest absolute Gasteiger partial charge is 0.121 e. The van der Waals surface area contributed by atoms with E-state index in [0.717, 1.165) is 45.0 Å². The summed E-state index contributed by atoms with van der Waals surface area (Å²) in [6.07, 6.45) is 5.27. The van der Waals surface area contributed by atoms with E-state index in [1.54, 1.807) is 0 Å². The van der Waals surface area contributed by atoms with Crippen molar-refractivity contribution in [2.75, 3.05) is 57.3 Å². The maximum atomic E-state index is 5.96. The molecule has 0 bridgehead atoms. The average molecular weight is 303 g/mol. The molecule has 4 heteroatoms. The first kappa shape index (κ1) is 15.6. The molecule has 122 valence electrons. The van der Waals surface area contributed by atoms with Crippen LogP contribution in [0.2, 0.25) is 0 Å². The highest BCUT2D eigenvalue weighted by Gasteiger charge is 2.11. The number of hydrogen-bond donors (Lipinski definition) is 1. The number of piperidine rings is 1. The maximum absolute atomic E-state index is 5.96. The Hall–Kier alpha value is -1.26. The molecule has 0 spiro atoms. The summed E-state index contributed by atoms with van der Waals surface area (Å²) in [5, 5.41) is 3.39. The lowest BCUT2D eigenvalue weighted by atomic mass is 10.1. The van der Waals surface area contributed by atoms with E-state index in [9.17, 15) is 0 Å². The first-order valence-electron chi connectivity index (χ1n) is 8.83. The van der Waals surface area contributed by atoms with Gasteiger partial charge in [0.05, 0.1) is 6.61 Å². The van der Waals surface area contributed by atoms with Gasteiger partial charge in [0.25, 0.3) is 0 Å². The molecule has 2 fully saturated rings. The molecule has 0 aromatic heterocycles. The van der Waals surface area contributed by atoms with Crippen molar-refractivity contribution < 1.29 is 4.74 Å². The zero-order chi connectivity index (χ0) is 15.0. The fraction of sp³-hybridized carbons (Fsp3) is 0.667. The summed E-state index contributed by atoms with van der Waals surface area (Å²) in [6.45, 7) is 8.86. The molecule has 0 amide bonds. The number of nitrogens with zero attached hydrogens (tertiary/aromatic N) is 2. The molecule has 0 radical (unpaired) electrons. The highest BCUT2D eigenvalue weighted by molar-refractivity contribution is 5.51. The summed E-state index contributed by atoms with van der Waals surface area (Å²) in [4.78, 5) is 5.00. The van der Waals surface area contributed by atoms with Crippen LogP contribution in [0.3, 0.4) is 0 Å². The molecular weight excluding hydrogens is 274 g/mol. The van der Waals surface area contributed by atoms with Gasteiger partial charge >= 0.3 is 0 Å². The van der Waals surface area contributed by atoms with Crippen LogP contribution in [0, 0.1) is 0 Å². The number of ether oxygens (including phenoxy) is 1. The Morgan fingerprint density at radius 1 is 1.00 bits per heavy atom. The van der Waals surface area contributed by atoms with Crippen LogP contribution in [0.4, 0.5) is 5.69 Å². The summed E-state index contributed by atoms with van der Waals surface area (Å²) in [6, 6.07) is 8.56. The van der Waals surface area contributed by atoms with Gasteiger partial charge in [-0.1, -0.05) is 12.5 Å². The molecule has 2 aliphatic rings. The van der Waals surface area contributed by atoms with Gasteiger partial charge in [-0.3, -0.25) is 0 Å². The lowest BCUT2D eigenvalue weighted by Gasteiger charge is -2.29. The largest absolute Gasteiger partial charge is 0.493 e. The monoisotopic (exact) mass is 303 g/mol. The standard InChI is InChI=1S/C18H29N3O/c1-2-10-20(11-3-1)12-5-15-22-18-7-4-6-17(16-18)21-13-8-19-9-14-21/h4,6-7,16,19H,1-3,5,8-15H2. The van der Waals surface area contributed by atoms with E-state index in [-0.39, 0.29) is 0 Å². The van der Waals surface area contributed by atoms with Crippen LogP contribution in [0.5, 0.6) is 5.75 Å². The molecule has 2 aliphatic heterocycles. The molecule has 3 rings (SSSR count). The van der Waals surface area contributed by atoms with E-state index in [4.69, 9.17) is 4.74 Å². The zero-order valence-electron chi connectivity index (χ0n) is 13.6. The van der Waals surface area contributed by atoms with Crippen molar-refractivity contribution in [1.82, 2.24) is 10.2 Å². The van der Waals surface area contributed by atoms with Gasteiger partial charge in [0, 0.05) is 44.5 Å². The van der Waals surface area contributed by atoms with Gasteiger partial charge in [0.1, 0.15) is 5.75 Å². The molecule has 1 aromatic rings. The second-order valence-electron chi connectivity index (χ2n) is 6.34. The summed E-state index contributed by atoms with van der Waals surface area (Å²) < 4.78 is 5.96. The number of likely N-dealkylation sites (tertiary alicyclic amines) is 1. The summed E-state index contributed by atoms with van der Waals surface area (Å²) in [5.41, 5.74) is 1.29. The predicted molar refractivity (Wildman–Crippen MR) is 91.9 cm³/mol. The number of rotatable bonds is 6. The fourth-order valence-electron chi connectivity index (χ4n) is 3.35. The van der Waals surface area contributed by atoms with Gasteiger partial charge in [-0.15, -0.1) is 0 Å².